The van der Waals surface area contributed by atoms with Gasteiger partial charge in [0.05, 0.1) is 16.7 Å². The summed E-state index contributed by atoms with van der Waals surface area (Å²) in [6.45, 7) is 0. The van der Waals surface area contributed by atoms with E-state index in [0.717, 1.165) is 0 Å². The molecule has 5 atom stereocenters. The highest BCUT2D eigenvalue weighted by atomic mass is 127. The van der Waals surface area contributed by atoms with E-state index in [1.807, 2.05) is 22.6 Å². The molecule has 4 rings (SSSR count). The summed E-state index contributed by atoms with van der Waals surface area (Å²) in [6, 6.07) is 24.6. The normalized spacial score (nSPS) is 23.3. The van der Waals surface area contributed by atoms with Gasteiger partial charge in [0, 0.05) is 4.43 Å². The van der Waals surface area contributed by atoms with Crippen LogP contribution in [0.4, 0.5) is 0 Å². The summed E-state index contributed by atoms with van der Waals surface area (Å²) in [6.07, 6.45) is -6.44. The van der Waals surface area contributed by atoms with Crippen LogP contribution in [0.2, 0.25) is 0 Å². The van der Waals surface area contributed by atoms with Crippen molar-refractivity contribution in [2.24, 2.45) is 0 Å². The van der Waals surface area contributed by atoms with Gasteiger partial charge < -0.3 is 24.1 Å². The molecule has 0 aromatic heterocycles. The predicted molar refractivity (Wildman–Crippen MR) is 137 cm³/mol. The Balaban J connectivity index is 1.66. The number of aliphatic hydroxyl groups is 1. The summed E-state index contributed by atoms with van der Waals surface area (Å²) in [5, 5.41) is 10.8. The Morgan fingerprint density at radius 2 is 1.00 bits per heavy atom. The first-order chi connectivity index (χ1) is 17.5. The van der Waals surface area contributed by atoms with Crippen LogP contribution in [0.3, 0.4) is 0 Å². The lowest BCUT2D eigenvalue weighted by molar-refractivity contribution is -0.274. The lowest BCUT2D eigenvalue weighted by Crippen LogP contribution is -2.62. The van der Waals surface area contributed by atoms with E-state index < -0.39 is 48.6 Å². The first kappa shape index (κ1) is 25.8. The molecular formula is C27H23IO8. The third kappa shape index (κ3) is 6.10. The molecule has 0 aliphatic carbocycles. The van der Waals surface area contributed by atoms with Crippen molar-refractivity contribution in [3.8, 4) is 0 Å². The Morgan fingerprint density at radius 1 is 0.639 bits per heavy atom. The van der Waals surface area contributed by atoms with Crippen molar-refractivity contribution in [2.75, 3.05) is 4.43 Å². The zero-order valence-corrected chi connectivity index (χ0v) is 21.1. The highest BCUT2D eigenvalue weighted by Crippen LogP contribution is 2.30. The first-order valence-electron chi connectivity index (χ1n) is 11.2. The van der Waals surface area contributed by atoms with E-state index in [0.29, 0.717) is 4.43 Å². The molecular weight excluding hydrogens is 579 g/mol. The van der Waals surface area contributed by atoms with Crippen LogP contribution in [0, 0.1) is 0 Å². The monoisotopic (exact) mass is 602 g/mol. The number of halogens is 1. The van der Waals surface area contributed by atoms with E-state index in [1.54, 1.807) is 91.0 Å². The minimum Gasteiger partial charge on any atom is -0.452 e. The van der Waals surface area contributed by atoms with Gasteiger partial charge >= 0.3 is 17.9 Å². The van der Waals surface area contributed by atoms with Crippen LogP contribution in [-0.4, -0.2) is 58.1 Å². The van der Waals surface area contributed by atoms with Gasteiger partial charge in [-0.05, 0) is 36.4 Å². The van der Waals surface area contributed by atoms with Gasteiger partial charge in [0.1, 0.15) is 6.10 Å². The van der Waals surface area contributed by atoms with Gasteiger partial charge in [0.2, 0.25) is 0 Å². The minimum atomic E-state index is -1.63. The van der Waals surface area contributed by atoms with E-state index in [1.165, 1.54) is 0 Å². The number of carbonyl (C=O) groups excluding carboxylic acids is 3. The molecule has 0 amide bonds. The SMILES string of the molecule is O=C(O[C@H]1[C@@H](OC(=O)c2ccccc2)[C@H](O)O[C@@H](CI)[C@@H]1OC(=O)c1ccccc1)c1ccccc1. The van der Waals surface area contributed by atoms with Crippen LogP contribution in [0.15, 0.2) is 91.0 Å². The molecule has 1 saturated heterocycles. The lowest BCUT2D eigenvalue weighted by atomic mass is 9.98. The highest BCUT2D eigenvalue weighted by molar-refractivity contribution is 14.1. The van der Waals surface area contributed by atoms with Gasteiger partial charge in [-0.15, -0.1) is 0 Å². The van der Waals surface area contributed by atoms with Crippen molar-refractivity contribution in [2.45, 2.75) is 30.7 Å². The molecule has 1 aliphatic heterocycles. The maximum atomic E-state index is 13.0. The zero-order chi connectivity index (χ0) is 25.5. The average Bonchev–Trinajstić information content (AvgIpc) is 2.93. The largest absolute Gasteiger partial charge is 0.452 e. The van der Waals surface area contributed by atoms with E-state index in [9.17, 15) is 19.5 Å². The molecule has 0 radical (unpaired) electrons. The van der Waals surface area contributed by atoms with Gasteiger partial charge in [-0.3, -0.25) is 0 Å². The summed E-state index contributed by atoms with van der Waals surface area (Å²) < 4.78 is 23.0. The molecule has 0 spiro atoms. The molecule has 3 aromatic rings. The number of rotatable bonds is 7. The number of benzene rings is 3. The second kappa shape index (κ2) is 12.1. The number of hydrogen-bond acceptors (Lipinski definition) is 8. The van der Waals surface area contributed by atoms with Crippen LogP contribution in [-0.2, 0) is 18.9 Å². The van der Waals surface area contributed by atoms with E-state index in [2.05, 4.69) is 0 Å². The molecule has 0 unspecified atom stereocenters. The van der Waals surface area contributed by atoms with E-state index >= 15 is 0 Å². The van der Waals surface area contributed by atoms with Crippen molar-refractivity contribution in [1.29, 1.82) is 0 Å². The number of esters is 3. The van der Waals surface area contributed by atoms with Gasteiger partial charge in [0.15, 0.2) is 24.6 Å². The lowest BCUT2D eigenvalue weighted by Gasteiger charge is -2.42. The molecule has 1 fully saturated rings. The molecule has 0 saturated carbocycles. The second-order valence-corrected chi connectivity index (χ2v) is 8.81. The molecule has 186 valence electrons. The standard InChI is InChI=1S/C27H23IO8/c28-16-20-21(34-24(29)17-10-4-1-5-11-17)22(35-25(30)18-12-6-2-7-13-18)23(27(32)33-20)36-26(31)19-14-8-3-9-15-19/h1-15,20-23,27,32H,16H2/t20-,21-,22+,23+,27+/m0/s1. The molecule has 3 aromatic carbocycles. The quantitative estimate of drug-likeness (QED) is 0.188. The van der Waals surface area contributed by atoms with E-state index in [-0.39, 0.29) is 16.7 Å². The summed E-state index contributed by atoms with van der Waals surface area (Å²) in [5.41, 5.74) is 0.749. The van der Waals surface area contributed by atoms with Crippen LogP contribution in [0.5, 0.6) is 0 Å². The molecule has 0 bridgehead atoms. The maximum Gasteiger partial charge on any atom is 0.338 e. The zero-order valence-electron chi connectivity index (χ0n) is 18.9. The Morgan fingerprint density at radius 3 is 1.39 bits per heavy atom. The fourth-order valence-corrected chi connectivity index (χ4v) is 4.43. The second-order valence-electron chi connectivity index (χ2n) is 7.93. The minimum absolute atomic E-state index is 0.228. The van der Waals surface area contributed by atoms with Gasteiger partial charge in [-0.1, -0.05) is 77.2 Å². The van der Waals surface area contributed by atoms with Gasteiger partial charge in [-0.2, -0.15) is 0 Å². The number of carbonyl (C=O) groups is 3. The molecule has 9 heteroatoms. The molecule has 1 heterocycles. The fourth-order valence-electron chi connectivity index (χ4n) is 3.72. The smallest absolute Gasteiger partial charge is 0.338 e. The first-order valence-corrected chi connectivity index (χ1v) is 12.7. The summed E-state index contributed by atoms with van der Waals surface area (Å²) in [5.74, 6) is -2.17. The van der Waals surface area contributed by atoms with Gasteiger partial charge in [0.25, 0.3) is 0 Å². The summed E-state index contributed by atoms with van der Waals surface area (Å²) >= 11 is 2.01. The predicted octanol–water partition coefficient (Wildman–Crippen LogP) is 3.82. The molecule has 36 heavy (non-hydrogen) atoms. The molecule has 1 N–H and O–H groups in total. The number of hydrogen-bond donors (Lipinski definition) is 1. The third-order valence-corrected chi connectivity index (χ3v) is 6.39. The average molecular weight is 602 g/mol. The highest BCUT2D eigenvalue weighted by Gasteiger charge is 2.51. The Hall–Kier alpha value is -3.28. The van der Waals surface area contributed by atoms with Crippen molar-refractivity contribution in [1.82, 2.24) is 0 Å². The van der Waals surface area contributed by atoms with Gasteiger partial charge in [-0.25, -0.2) is 14.4 Å². The molecule has 1 aliphatic rings. The van der Waals surface area contributed by atoms with Crippen LogP contribution >= 0.6 is 22.6 Å². The fraction of sp³-hybridized carbons (Fsp3) is 0.222. The van der Waals surface area contributed by atoms with E-state index in [4.69, 9.17) is 18.9 Å². The van der Waals surface area contributed by atoms with Crippen LogP contribution < -0.4 is 0 Å². The number of ether oxygens (including phenoxy) is 4. The van der Waals surface area contributed by atoms with Crippen LogP contribution in [0.25, 0.3) is 0 Å². The topological polar surface area (TPSA) is 108 Å². The third-order valence-electron chi connectivity index (χ3n) is 5.52. The Labute approximate surface area is 221 Å². The molecule has 8 nitrogen and oxygen atoms in total. The summed E-state index contributed by atoms with van der Waals surface area (Å²) in [4.78, 5) is 38.7. The maximum absolute atomic E-state index is 13.0. The van der Waals surface area contributed by atoms with Crippen LogP contribution in [0.1, 0.15) is 31.1 Å². The Kier molecular flexibility index (Phi) is 8.68. The Bertz CT molecular complexity index is 1170. The summed E-state index contributed by atoms with van der Waals surface area (Å²) in [7, 11) is 0. The van der Waals surface area contributed by atoms with Crippen molar-refractivity contribution in [3.05, 3.63) is 108 Å². The van der Waals surface area contributed by atoms with Crippen molar-refractivity contribution < 1.29 is 38.4 Å². The van der Waals surface area contributed by atoms with Crippen molar-refractivity contribution in [3.63, 3.8) is 0 Å². The number of aliphatic hydroxyl groups excluding tert-OH is 1. The van der Waals surface area contributed by atoms with Crippen molar-refractivity contribution >= 4 is 40.5 Å². The number of alkyl halides is 1.